The van der Waals surface area contributed by atoms with Crippen LogP contribution in [0, 0.1) is 13.8 Å². The number of aryl methyl sites for hydroxylation is 2. The van der Waals surface area contributed by atoms with E-state index in [1.807, 2.05) is 26.2 Å². The van der Waals surface area contributed by atoms with Crippen LogP contribution in [0.15, 0.2) is 29.4 Å². The maximum atomic E-state index is 12.4. The van der Waals surface area contributed by atoms with Gasteiger partial charge in [-0.2, -0.15) is 0 Å². The molecule has 0 spiro atoms. The molecular formula is C22H33N4OS+. The maximum Gasteiger partial charge on any atom is 0.220 e. The van der Waals surface area contributed by atoms with E-state index in [-0.39, 0.29) is 5.91 Å². The normalized spacial score (nSPS) is 11.1. The SMILES string of the molecule is CC[NH+](CC)Cc1ccccc1CNC(=O)CCc1c(C)nc(SC)nc1C. The first-order valence-corrected chi connectivity index (χ1v) is 11.3. The molecular weight excluding hydrogens is 368 g/mol. The second-order valence-electron chi connectivity index (χ2n) is 7.04. The minimum Gasteiger partial charge on any atom is -0.352 e. The van der Waals surface area contributed by atoms with Crippen molar-refractivity contribution in [3.8, 4) is 0 Å². The van der Waals surface area contributed by atoms with Crippen molar-refractivity contribution in [3.63, 3.8) is 0 Å². The Kier molecular flexibility index (Phi) is 8.93. The van der Waals surface area contributed by atoms with E-state index in [9.17, 15) is 4.79 Å². The van der Waals surface area contributed by atoms with Crippen LogP contribution in [0.2, 0.25) is 0 Å². The van der Waals surface area contributed by atoms with Crippen LogP contribution in [-0.2, 0) is 24.3 Å². The summed E-state index contributed by atoms with van der Waals surface area (Å²) < 4.78 is 0. The minimum absolute atomic E-state index is 0.0673. The van der Waals surface area contributed by atoms with Crippen LogP contribution >= 0.6 is 11.8 Å². The molecule has 0 radical (unpaired) electrons. The molecule has 5 nitrogen and oxygen atoms in total. The molecule has 28 heavy (non-hydrogen) atoms. The number of hydrogen-bond acceptors (Lipinski definition) is 4. The van der Waals surface area contributed by atoms with Crippen molar-refractivity contribution in [2.75, 3.05) is 19.3 Å². The molecule has 1 aromatic carbocycles. The molecule has 0 saturated carbocycles. The maximum absolute atomic E-state index is 12.4. The Morgan fingerprint density at radius 1 is 1.07 bits per heavy atom. The summed E-state index contributed by atoms with van der Waals surface area (Å²) in [6.07, 6.45) is 3.09. The Labute approximate surface area is 173 Å². The van der Waals surface area contributed by atoms with Crippen LogP contribution in [0.25, 0.3) is 0 Å². The molecule has 0 aliphatic heterocycles. The first-order valence-electron chi connectivity index (χ1n) is 10.0. The highest BCUT2D eigenvalue weighted by atomic mass is 32.2. The summed E-state index contributed by atoms with van der Waals surface area (Å²) in [6.45, 7) is 12.2. The van der Waals surface area contributed by atoms with Gasteiger partial charge in [-0.25, -0.2) is 9.97 Å². The highest BCUT2D eigenvalue weighted by molar-refractivity contribution is 7.98. The molecule has 2 aromatic rings. The van der Waals surface area contributed by atoms with Crippen LogP contribution < -0.4 is 10.2 Å². The molecule has 6 heteroatoms. The van der Waals surface area contributed by atoms with Crippen LogP contribution in [0.5, 0.6) is 0 Å². The van der Waals surface area contributed by atoms with Crippen LogP contribution in [0.3, 0.4) is 0 Å². The average Bonchev–Trinajstić information content (AvgIpc) is 2.70. The Balaban J connectivity index is 1.93. The first-order chi connectivity index (χ1) is 13.5. The first kappa shape index (κ1) is 22.4. The van der Waals surface area contributed by atoms with Crippen LogP contribution in [-0.4, -0.2) is 35.2 Å². The Morgan fingerprint density at radius 3 is 2.25 bits per heavy atom. The number of quaternary nitrogens is 1. The highest BCUT2D eigenvalue weighted by Gasteiger charge is 2.12. The topological polar surface area (TPSA) is 59.3 Å². The van der Waals surface area contributed by atoms with Gasteiger partial charge in [0.25, 0.3) is 0 Å². The zero-order chi connectivity index (χ0) is 20.5. The highest BCUT2D eigenvalue weighted by Crippen LogP contribution is 2.17. The lowest BCUT2D eigenvalue weighted by Crippen LogP contribution is -3.10. The van der Waals surface area contributed by atoms with E-state index in [1.165, 1.54) is 11.1 Å². The third kappa shape index (κ3) is 6.31. The lowest BCUT2D eigenvalue weighted by atomic mass is 10.1. The van der Waals surface area contributed by atoms with Crippen LogP contribution in [0.1, 0.15) is 48.3 Å². The molecule has 2 rings (SSSR count). The van der Waals surface area contributed by atoms with Crippen molar-refractivity contribution in [1.29, 1.82) is 0 Å². The number of hydrogen-bond donors (Lipinski definition) is 2. The van der Waals surface area contributed by atoms with E-state index in [0.717, 1.165) is 41.7 Å². The lowest BCUT2D eigenvalue weighted by Gasteiger charge is -2.18. The summed E-state index contributed by atoms with van der Waals surface area (Å²) in [5.74, 6) is 0.0673. The summed E-state index contributed by atoms with van der Waals surface area (Å²) in [5, 5.41) is 3.87. The standard InChI is InChI=1S/C22H32N4OS/c1-6-26(7-2)15-19-11-9-8-10-18(19)14-23-21(27)13-12-20-16(3)24-22(28-5)25-17(20)4/h8-11H,6-7,12-15H2,1-5H3,(H,23,27)/p+1. The number of carbonyl (C=O) groups is 1. The largest absolute Gasteiger partial charge is 0.352 e. The number of rotatable bonds is 10. The van der Waals surface area contributed by atoms with Gasteiger partial charge in [-0.15, -0.1) is 0 Å². The average molecular weight is 402 g/mol. The minimum atomic E-state index is 0.0673. The molecule has 0 unspecified atom stereocenters. The summed E-state index contributed by atoms with van der Waals surface area (Å²) in [5.41, 5.74) is 5.54. The van der Waals surface area contributed by atoms with Gasteiger partial charge in [0.2, 0.25) is 5.91 Å². The summed E-state index contributed by atoms with van der Waals surface area (Å²) in [4.78, 5) is 23.0. The van der Waals surface area contributed by atoms with E-state index in [0.29, 0.717) is 19.4 Å². The zero-order valence-electron chi connectivity index (χ0n) is 17.8. The molecule has 1 amide bonds. The molecule has 0 aliphatic carbocycles. The number of thioether (sulfide) groups is 1. The molecule has 0 atom stereocenters. The number of amides is 1. The van der Waals surface area contributed by atoms with Crippen molar-refractivity contribution < 1.29 is 9.69 Å². The second kappa shape index (κ2) is 11.2. The second-order valence-corrected chi connectivity index (χ2v) is 7.81. The fraction of sp³-hybridized carbons (Fsp3) is 0.500. The number of benzene rings is 1. The van der Waals surface area contributed by atoms with Crippen LogP contribution in [0.4, 0.5) is 0 Å². The molecule has 0 aliphatic rings. The summed E-state index contributed by atoms with van der Waals surface area (Å²) in [7, 11) is 0. The number of aromatic nitrogens is 2. The van der Waals surface area contributed by atoms with Crippen molar-refractivity contribution in [2.24, 2.45) is 0 Å². The van der Waals surface area contributed by atoms with Gasteiger partial charge in [0.15, 0.2) is 5.16 Å². The zero-order valence-corrected chi connectivity index (χ0v) is 18.6. The van der Waals surface area contributed by atoms with Crippen molar-refractivity contribution in [3.05, 3.63) is 52.3 Å². The third-order valence-corrected chi connectivity index (χ3v) is 5.77. The molecule has 152 valence electrons. The summed E-state index contributed by atoms with van der Waals surface area (Å²) >= 11 is 1.54. The van der Waals surface area contributed by atoms with Gasteiger partial charge in [0.1, 0.15) is 6.54 Å². The Morgan fingerprint density at radius 2 is 1.68 bits per heavy atom. The van der Waals surface area contributed by atoms with E-state index in [2.05, 4.69) is 47.3 Å². The van der Waals surface area contributed by atoms with E-state index < -0.39 is 0 Å². The Hall–Kier alpha value is -1.92. The van der Waals surface area contributed by atoms with E-state index >= 15 is 0 Å². The molecule has 0 saturated heterocycles. The molecule has 0 fully saturated rings. The molecule has 0 bridgehead atoms. The quantitative estimate of drug-likeness (QED) is 0.474. The monoisotopic (exact) mass is 401 g/mol. The predicted molar refractivity (Wildman–Crippen MR) is 116 cm³/mol. The molecule has 2 N–H and O–H groups in total. The van der Waals surface area contributed by atoms with Gasteiger partial charge in [-0.1, -0.05) is 36.0 Å². The molecule has 1 aromatic heterocycles. The van der Waals surface area contributed by atoms with Crippen molar-refractivity contribution >= 4 is 17.7 Å². The fourth-order valence-electron chi connectivity index (χ4n) is 3.35. The van der Waals surface area contributed by atoms with Gasteiger partial charge in [-0.05, 0) is 51.5 Å². The predicted octanol–water partition coefficient (Wildman–Crippen LogP) is 2.49. The fourth-order valence-corrected chi connectivity index (χ4v) is 3.81. The third-order valence-electron chi connectivity index (χ3n) is 5.22. The van der Waals surface area contributed by atoms with Gasteiger partial charge in [0.05, 0.1) is 13.1 Å². The van der Waals surface area contributed by atoms with Gasteiger partial charge < -0.3 is 10.2 Å². The van der Waals surface area contributed by atoms with E-state index in [4.69, 9.17) is 0 Å². The van der Waals surface area contributed by atoms with Gasteiger partial charge >= 0.3 is 0 Å². The van der Waals surface area contributed by atoms with E-state index in [1.54, 1.807) is 16.7 Å². The Bertz CT molecular complexity index is 767. The lowest BCUT2D eigenvalue weighted by molar-refractivity contribution is -0.910. The summed E-state index contributed by atoms with van der Waals surface area (Å²) in [6, 6.07) is 8.40. The van der Waals surface area contributed by atoms with Gasteiger partial charge in [-0.3, -0.25) is 4.79 Å². The number of nitrogens with one attached hydrogen (secondary N) is 2. The number of carbonyl (C=O) groups excluding carboxylic acids is 1. The van der Waals surface area contributed by atoms with Crippen molar-refractivity contribution in [1.82, 2.24) is 15.3 Å². The number of nitrogens with zero attached hydrogens (tertiary/aromatic N) is 2. The smallest absolute Gasteiger partial charge is 0.220 e. The van der Waals surface area contributed by atoms with Gasteiger partial charge in [0, 0.05) is 29.9 Å². The molecule has 1 heterocycles. The van der Waals surface area contributed by atoms with Crippen molar-refractivity contribution in [2.45, 2.75) is 58.8 Å².